The van der Waals surface area contributed by atoms with E-state index in [1.165, 1.54) is 30.0 Å². The predicted octanol–water partition coefficient (Wildman–Crippen LogP) is 4.91. The molecule has 1 amide bonds. The van der Waals surface area contributed by atoms with Crippen LogP contribution in [0.1, 0.15) is 29.8 Å². The minimum atomic E-state index is -0.341. The van der Waals surface area contributed by atoms with Gasteiger partial charge in [-0.05, 0) is 62.7 Å². The Bertz CT molecular complexity index is 986. The fraction of sp³-hybridized carbons (Fsp3) is 0.200. The number of ketones is 1. The van der Waals surface area contributed by atoms with Crippen LogP contribution in [0.3, 0.4) is 0 Å². The van der Waals surface area contributed by atoms with Gasteiger partial charge in [-0.2, -0.15) is 0 Å². The second kappa shape index (κ2) is 8.99. The number of nitrogens with zero attached hydrogens (tertiary/aromatic N) is 2. The minimum absolute atomic E-state index is 0.00635. The van der Waals surface area contributed by atoms with Crippen molar-refractivity contribution < 1.29 is 9.59 Å². The number of Topliss-reactive ketones (excluding diaryl/α,β-unsaturated/α-hetero) is 1. The quantitative estimate of drug-likeness (QED) is 0.424. The highest BCUT2D eigenvalue weighted by molar-refractivity contribution is 8.02. The second-order valence-corrected chi connectivity index (χ2v) is 8.82. The van der Waals surface area contributed by atoms with Gasteiger partial charge >= 0.3 is 0 Å². The van der Waals surface area contributed by atoms with Gasteiger partial charge < -0.3 is 10.6 Å². The van der Waals surface area contributed by atoms with Gasteiger partial charge in [-0.3, -0.25) is 9.59 Å². The first-order chi connectivity index (χ1) is 13.4. The molecule has 1 heterocycles. The van der Waals surface area contributed by atoms with Crippen LogP contribution in [0, 0.1) is 6.92 Å². The lowest BCUT2D eigenvalue weighted by molar-refractivity contribution is -0.115. The Balaban J connectivity index is 1.56. The summed E-state index contributed by atoms with van der Waals surface area (Å²) in [5.41, 5.74) is 3.38. The third kappa shape index (κ3) is 5.40. The van der Waals surface area contributed by atoms with Gasteiger partial charge in [0.2, 0.25) is 11.0 Å². The van der Waals surface area contributed by atoms with Crippen molar-refractivity contribution in [1.29, 1.82) is 0 Å². The van der Waals surface area contributed by atoms with Gasteiger partial charge in [0.25, 0.3) is 0 Å². The number of anilines is 3. The molecule has 0 aliphatic rings. The van der Waals surface area contributed by atoms with Crippen LogP contribution < -0.4 is 10.6 Å². The largest absolute Gasteiger partial charge is 0.330 e. The summed E-state index contributed by atoms with van der Waals surface area (Å²) in [6.07, 6.45) is 0. The van der Waals surface area contributed by atoms with Gasteiger partial charge in [0.15, 0.2) is 10.1 Å². The van der Waals surface area contributed by atoms with Crippen LogP contribution in [0.25, 0.3) is 0 Å². The topological polar surface area (TPSA) is 84.0 Å². The summed E-state index contributed by atoms with van der Waals surface area (Å²) < 4.78 is 0.713. The summed E-state index contributed by atoms with van der Waals surface area (Å²) in [7, 11) is 0. The molecule has 1 aromatic heterocycles. The molecule has 28 heavy (non-hydrogen) atoms. The molecule has 6 nitrogen and oxygen atoms in total. The van der Waals surface area contributed by atoms with Crippen molar-refractivity contribution in [2.24, 2.45) is 0 Å². The first-order valence-electron chi connectivity index (χ1n) is 8.66. The molecule has 0 bridgehead atoms. The number of carbonyl (C=O) groups is 2. The molecule has 0 radical (unpaired) electrons. The monoisotopic (exact) mass is 412 g/mol. The highest BCUT2D eigenvalue weighted by atomic mass is 32.2. The summed E-state index contributed by atoms with van der Waals surface area (Å²) in [5.74, 6) is -0.142. The van der Waals surface area contributed by atoms with E-state index in [0.29, 0.717) is 20.7 Å². The maximum atomic E-state index is 12.4. The van der Waals surface area contributed by atoms with Crippen molar-refractivity contribution in [3.8, 4) is 0 Å². The Labute approximate surface area is 171 Å². The number of thioether (sulfide) groups is 1. The number of aryl methyl sites for hydroxylation is 1. The molecular formula is C20H20N4O2S2. The van der Waals surface area contributed by atoms with E-state index in [-0.39, 0.29) is 16.9 Å². The van der Waals surface area contributed by atoms with Crippen LogP contribution >= 0.6 is 23.1 Å². The maximum absolute atomic E-state index is 12.4. The number of benzene rings is 2. The Hall–Kier alpha value is -2.71. The molecule has 0 unspecified atom stereocenters. The molecule has 0 fully saturated rings. The summed E-state index contributed by atoms with van der Waals surface area (Å²) in [4.78, 5) is 23.7. The summed E-state index contributed by atoms with van der Waals surface area (Å²) in [5, 5.41) is 14.7. The molecule has 0 aliphatic heterocycles. The normalized spacial score (nSPS) is 11.7. The number of amides is 1. The Morgan fingerprint density at radius 2 is 1.82 bits per heavy atom. The van der Waals surface area contributed by atoms with Gasteiger partial charge in [-0.15, -0.1) is 10.2 Å². The van der Waals surface area contributed by atoms with Crippen LogP contribution in [0.5, 0.6) is 0 Å². The maximum Gasteiger partial charge on any atom is 0.237 e. The molecule has 1 atom stereocenters. The van der Waals surface area contributed by atoms with Crippen molar-refractivity contribution in [3.63, 3.8) is 0 Å². The standard InChI is InChI=1S/C20H20N4O2S2/c1-12-5-4-6-17(11-12)22-19-23-24-20(28-19)27-14(3)18(26)21-16-9-7-15(8-10-16)13(2)25/h4-11,14H,1-3H3,(H,21,26)(H,22,23)/t14-/m1/s1. The third-order valence-electron chi connectivity index (χ3n) is 3.88. The van der Waals surface area contributed by atoms with E-state index in [1.807, 2.05) is 38.1 Å². The van der Waals surface area contributed by atoms with Gasteiger partial charge in [-0.25, -0.2) is 0 Å². The molecule has 8 heteroatoms. The zero-order valence-corrected chi connectivity index (χ0v) is 17.4. The fourth-order valence-electron chi connectivity index (χ4n) is 2.39. The molecule has 0 aliphatic carbocycles. The molecule has 144 valence electrons. The van der Waals surface area contributed by atoms with Crippen LogP contribution in [-0.2, 0) is 4.79 Å². The van der Waals surface area contributed by atoms with Gasteiger partial charge in [0.1, 0.15) is 0 Å². The van der Waals surface area contributed by atoms with E-state index in [2.05, 4.69) is 20.8 Å². The van der Waals surface area contributed by atoms with Crippen molar-refractivity contribution in [1.82, 2.24) is 10.2 Å². The Morgan fingerprint density at radius 1 is 1.07 bits per heavy atom. The fourth-order valence-corrected chi connectivity index (χ4v) is 4.31. The third-order valence-corrected chi connectivity index (χ3v) is 5.90. The molecule has 3 aromatic rings. The van der Waals surface area contributed by atoms with Crippen LogP contribution in [-0.4, -0.2) is 27.1 Å². The van der Waals surface area contributed by atoms with E-state index in [4.69, 9.17) is 0 Å². The molecule has 0 spiro atoms. The number of hydrogen-bond donors (Lipinski definition) is 2. The SMILES string of the molecule is CC(=O)c1ccc(NC(=O)[C@@H](C)Sc2nnc(Nc3cccc(C)c3)s2)cc1. The van der Waals surface area contributed by atoms with Crippen molar-refractivity contribution >= 4 is 51.3 Å². The highest BCUT2D eigenvalue weighted by Crippen LogP contribution is 2.31. The van der Waals surface area contributed by atoms with Crippen LogP contribution in [0.15, 0.2) is 52.9 Å². The van der Waals surface area contributed by atoms with Crippen molar-refractivity contribution in [2.45, 2.75) is 30.4 Å². The molecule has 3 rings (SSSR count). The first kappa shape index (κ1) is 20.0. The summed E-state index contributed by atoms with van der Waals surface area (Å²) in [6, 6.07) is 14.8. The van der Waals surface area contributed by atoms with E-state index in [9.17, 15) is 9.59 Å². The predicted molar refractivity (Wildman–Crippen MR) is 115 cm³/mol. The average Bonchev–Trinajstić information content (AvgIpc) is 3.09. The lowest BCUT2D eigenvalue weighted by Gasteiger charge is -2.10. The first-order valence-corrected chi connectivity index (χ1v) is 10.4. The molecule has 0 saturated heterocycles. The number of rotatable bonds is 7. The Kier molecular flexibility index (Phi) is 6.43. The van der Waals surface area contributed by atoms with E-state index < -0.39 is 0 Å². The van der Waals surface area contributed by atoms with Crippen LogP contribution in [0.4, 0.5) is 16.5 Å². The average molecular weight is 413 g/mol. The van der Waals surface area contributed by atoms with Crippen molar-refractivity contribution in [3.05, 3.63) is 59.7 Å². The summed E-state index contributed by atoms with van der Waals surface area (Å²) in [6.45, 7) is 5.36. The zero-order valence-electron chi connectivity index (χ0n) is 15.7. The second-order valence-electron chi connectivity index (χ2n) is 6.25. The highest BCUT2D eigenvalue weighted by Gasteiger charge is 2.17. The summed E-state index contributed by atoms with van der Waals surface area (Å²) >= 11 is 2.76. The van der Waals surface area contributed by atoms with Gasteiger partial charge in [-0.1, -0.05) is 35.2 Å². The van der Waals surface area contributed by atoms with Gasteiger partial charge in [0, 0.05) is 16.9 Å². The molecule has 0 saturated carbocycles. The zero-order chi connectivity index (χ0) is 20.1. The van der Waals surface area contributed by atoms with E-state index >= 15 is 0 Å². The number of carbonyl (C=O) groups excluding carboxylic acids is 2. The number of nitrogens with one attached hydrogen (secondary N) is 2. The lowest BCUT2D eigenvalue weighted by atomic mass is 10.1. The van der Waals surface area contributed by atoms with Crippen LogP contribution in [0.2, 0.25) is 0 Å². The molecule has 2 N–H and O–H groups in total. The van der Waals surface area contributed by atoms with Crippen molar-refractivity contribution in [2.75, 3.05) is 10.6 Å². The van der Waals surface area contributed by atoms with Gasteiger partial charge in [0.05, 0.1) is 5.25 Å². The molecule has 2 aromatic carbocycles. The number of hydrogen-bond acceptors (Lipinski definition) is 7. The lowest BCUT2D eigenvalue weighted by Crippen LogP contribution is -2.22. The van der Waals surface area contributed by atoms with E-state index in [1.54, 1.807) is 24.3 Å². The molecular weight excluding hydrogens is 392 g/mol. The van der Waals surface area contributed by atoms with E-state index in [0.717, 1.165) is 11.3 Å². The minimum Gasteiger partial charge on any atom is -0.330 e. The number of aromatic nitrogens is 2. The Morgan fingerprint density at radius 3 is 2.50 bits per heavy atom. The smallest absolute Gasteiger partial charge is 0.237 e.